The van der Waals surface area contributed by atoms with Crippen molar-refractivity contribution >= 4 is 33.2 Å². The van der Waals surface area contributed by atoms with E-state index in [-0.39, 0.29) is 27.4 Å². The summed E-state index contributed by atoms with van der Waals surface area (Å²) >= 11 is 0. The Hall–Kier alpha value is -4.05. The van der Waals surface area contributed by atoms with Crippen LogP contribution < -0.4 is 4.72 Å². The number of para-hydroxylation sites is 1. The normalized spacial score (nSPS) is 10.9. The Balaban J connectivity index is 1.82. The first-order valence-electron chi connectivity index (χ1n) is 9.31. The van der Waals surface area contributed by atoms with Gasteiger partial charge in [-0.2, -0.15) is 0 Å². The van der Waals surface area contributed by atoms with Gasteiger partial charge in [0.1, 0.15) is 0 Å². The van der Waals surface area contributed by atoms with Gasteiger partial charge in [0.25, 0.3) is 15.7 Å². The lowest BCUT2D eigenvalue weighted by molar-refractivity contribution is -0.385. The van der Waals surface area contributed by atoms with Gasteiger partial charge in [0.2, 0.25) is 0 Å². The van der Waals surface area contributed by atoms with E-state index in [1.54, 1.807) is 30.3 Å². The predicted octanol–water partition coefficient (Wildman–Crippen LogP) is 3.74. The van der Waals surface area contributed by atoms with E-state index in [2.05, 4.69) is 4.72 Å². The zero-order valence-electron chi connectivity index (χ0n) is 16.8. The monoisotopic (exact) mass is 454 g/mol. The number of aryl methyl sites for hydroxylation is 1. The minimum Gasteiger partial charge on any atom is -0.454 e. The summed E-state index contributed by atoms with van der Waals surface area (Å²) in [6.07, 6.45) is 0. The summed E-state index contributed by atoms with van der Waals surface area (Å²) in [4.78, 5) is 34.7. The minimum atomic E-state index is -4.26. The highest BCUT2D eigenvalue weighted by atomic mass is 32.2. The summed E-state index contributed by atoms with van der Waals surface area (Å²) in [6.45, 7) is 0.974. The van der Waals surface area contributed by atoms with E-state index in [0.717, 1.165) is 6.07 Å². The van der Waals surface area contributed by atoms with Crippen LogP contribution in [0, 0.1) is 17.0 Å². The van der Waals surface area contributed by atoms with Crippen molar-refractivity contribution in [1.82, 2.24) is 0 Å². The zero-order valence-corrected chi connectivity index (χ0v) is 17.7. The number of sulfonamides is 1. The van der Waals surface area contributed by atoms with E-state index < -0.39 is 33.3 Å². The molecular weight excluding hydrogens is 436 g/mol. The van der Waals surface area contributed by atoms with Gasteiger partial charge in [0.05, 0.1) is 21.1 Å². The van der Waals surface area contributed by atoms with Crippen LogP contribution >= 0.6 is 0 Å². The molecule has 0 aliphatic rings. The van der Waals surface area contributed by atoms with Crippen molar-refractivity contribution in [3.8, 4) is 0 Å². The second-order valence-corrected chi connectivity index (χ2v) is 8.37. The molecule has 10 heteroatoms. The molecular formula is C22H18N2O7S. The van der Waals surface area contributed by atoms with Crippen molar-refractivity contribution in [2.75, 3.05) is 11.3 Å². The Kier molecular flexibility index (Phi) is 6.64. The average molecular weight is 454 g/mol. The first-order chi connectivity index (χ1) is 15.2. The summed E-state index contributed by atoms with van der Waals surface area (Å²) in [5.41, 5.74) is 0.0748. The highest BCUT2D eigenvalue weighted by Crippen LogP contribution is 2.26. The third-order valence-electron chi connectivity index (χ3n) is 4.49. The van der Waals surface area contributed by atoms with Crippen LogP contribution in [0.15, 0.2) is 77.7 Å². The molecule has 0 heterocycles. The molecule has 32 heavy (non-hydrogen) atoms. The number of ether oxygens (including phenoxy) is 1. The molecule has 0 saturated heterocycles. The lowest BCUT2D eigenvalue weighted by atomic mass is 10.1. The van der Waals surface area contributed by atoms with Crippen LogP contribution in [0.25, 0.3) is 0 Å². The number of esters is 1. The van der Waals surface area contributed by atoms with Crippen LogP contribution in [-0.2, 0) is 14.8 Å². The highest BCUT2D eigenvalue weighted by molar-refractivity contribution is 7.92. The Morgan fingerprint density at radius 1 is 1.00 bits per heavy atom. The lowest BCUT2D eigenvalue weighted by Crippen LogP contribution is -2.19. The van der Waals surface area contributed by atoms with Gasteiger partial charge in [-0.05, 0) is 24.6 Å². The quantitative estimate of drug-likeness (QED) is 0.237. The van der Waals surface area contributed by atoms with Gasteiger partial charge in [-0.1, -0.05) is 48.5 Å². The SMILES string of the molecule is Cc1ccc([N+](=O)[O-])cc1S(=O)(=O)Nc1ccccc1C(=O)OCC(=O)c1ccccc1. The molecule has 164 valence electrons. The van der Waals surface area contributed by atoms with Gasteiger partial charge in [-0.15, -0.1) is 0 Å². The van der Waals surface area contributed by atoms with Crippen molar-refractivity contribution in [2.24, 2.45) is 0 Å². The van der Waals surface area contributed by atoms with E-state index in [9.17, 15) is 28.1 Å². The largest absolute Gasteiger partial charge is 0.454 e. The number of nitro groups is 1. The number of Topliss-reactive ketones (excluding diaryl/α,β-unsaturated/α-hetero) is 1. The maximum atomic E-state index is 12.9. The molecule has 3 aromatic carbocycles. The number of rotatable bonds is 8. The number of nitrogens with zero attached hydrogens (tertiary/aromatic N) is 1. The molecule has 1 N–H and O–H groups in total. The van der Waals surface area contributed by atoms with Crippen molar-refractivity contribution < 1.29 is 27.7 Å². The van der Waals surface area contributed by atoms with Gasteiger partial charge in [-0.25, -0.2) is 13.2 Å². The summed E-state index contributed by atoms with van der Waals surface area (Å²) in [7, 11) is -4.26. The molecule has 0 aliphatic carbocycles. The molecule has 0 bridgehead atoms. The van der Waals surface area contributed by atoms with Crippen LogP contribution in [0.5, 0.6) is 0 Å². The standard InChI is InChI=1S/C22H18N2O7S/c1-15-11-12-17(24(27)28)13-21(15)32(29,30)23-19-10-6-5-9-18(19)22(26)31-14-20(25)16-7-3-2-4-8-16/h2-13,23H,14H2,1H3. The first-order valence-corrected chi connectivity index (χ1v) is 10.8. The minimum absolute atomic E-state index is 0.0874. The van der Waals surface area contributed by atoms with Gasteiger partial charge < -0.3 is 4.74 Å². The molecule has 0 atom stereocenters. The summed E-state index contributed by atoms with van der Waals surface area (Å²) < 4.78 is 33.1. The molecule has 9 nitrogen and oxygen atoms in total. The molecule has 0 spiro atoms. The van der Waals surface area contributed by atoms with Crippen molar-refractivity contribution in [3.05, 3.63) is 99.6 Å². The number of carbonyl (C=O) groups excluding carboxylic acids is 2. The number of nitrogens with one attached hydrogen (secondary N) is 1. The Labute approximate surface area is 183 Å². The maximum absolute atomic E-state index is 12.9. The van der Waals surface area contributed by atoms with Crippen LogP contribution in [0.4, 0.5) is 11.4 Å². The van der Waals surface area contributed by atoms with Crippen LogP contribution in [0.1, 0.15) is 26.3 Å². The molecule has 3 rings (SSSR count). The molecule has 3 aromatic rings. The Bertz CT molecular complexity index is 1290. The number of ketones is 1. The smallest absolute Gasteiger partial charge is 0.340 e. The second kappa shape index (κ2) is 9.40. The first kappa shape index (κ1) is 22.6. The molecule has 0 aromatic heterocycles. The van der Waals surface area contributed by atoms with E-state index in [1.807, 2.05) is 0 Å². The third-order valence-corrected chi connectivity index (χ3v) is 6.00. The number of non-ortho nitro benzene ring substituents is 1. The van der Waals surface area contributed by atoms with Crippen LogP contribution in [-0.4, -0.2) is 31.7 Å². The van der Waals surface area contributed by atoms with Crippen LogP contribution in [0.3, 0.4) is 0 Å². The van der Waals surface area contributed by atoms with Gasteiger partial charge in [0.15, 0.2) is 12.4 Å². The average Bonchev–Trinajstić information content (AvgIpc) is 2.78. The number of anilines is 1. The lowest BCUT2D eigenvalue weighted by Gasteiger charge is -2.13. The Morgan fingerprint density at radius 3 is 2.34 bits per heavy atom. The second-order valence-electron chi connectivity index (χ2n) is 6.72. The topological polar surface area (TPSA) is 133 Å². The highest BCUT2D eigenvalue weighted by Gasteiger charge is 2.23. The van der Waals surface area contributed by atoms with Gasteiger partial charge in [-0.3, -0.25) is 19.6 Å². The Morgan fingerprint density at radius 2 is 1.66 bits per heavy atom. The van der Waals surface area contributed by atoms with E-state index in [0.29, 0.717) is 5.56 Å². The molecule has 0 fully saturated rings. The zero-order chi connectivity index (χ0) is 23.3. The number of nitro benzene ring substituents is 1. The number of carbonyl (C=O) groups is 2. The van der Waals surface area contributed by atoms with Crippen molar-refractivity contribution in [2.45, 2.75) is 11.8 Å². The van der Waals surface area contributed by atoms with E-state index >= 15 is 0 Å². The fourth-order valence-corrected chi connectivity index (χ4v) is 4.20. The molecule has 0 amide bonds. The van der Waals surface area contributed by atoms with E-state index in [4.69, 9.17) is 4.74 Å². The van der Waals surface area contributed by atoms with Crippen LogP contribution in [0.2, 0.25) is 0 Å². The summed E-state index contributed by atoms with van der Waals surface area (Å²) in [6, 6.07) is 17.4. The molecule has 0 saturated carbocycles. The fraction of sp³-hybridized carbons (Fsp3) is 0.0909. The van der Waals surface area contributed by atoms with Gasteiger partial charge >= 0.3 is 5.97 Å². The van der Waals surface area contributed by atoms with Crippen molar-refractivity contribution in [1.29, 1.82) is 0 Å². The molecule has 0 radical (unpaired) electrons. The van der Waals surface area contributed by atoms with E-state index in [1.165, 1.54) is 43.3 Å². The third kappa shape index (κ3) is 5.16. The summed E-state index contributed by atoms with van der Waals surface area (Å²) in [5, 5.41) is 11.0. The predicted molar refractivity (Wildman–Crippen MR) is 116 cm³/mol. The van der Waals surface area contributed by atoms with Gasteiger partial charge in [0, 0.05) is 17.7 Å². The fourth-order valence-electron chi connectivity index (χ4n) is 2.86. The number of hydrogen-bond acceptors (Lipinski definition) is 7. The molecule has 0 unspecified atom stereocenters. The number of benzene rings is 3. The number of hydrogen-bond donors (Lipinski definition) is 1. The van der Waals surface area contributed by atoms with Crippen molar-refractivity contribution in [3.63, 3.8) is 0 Å². The summed E-state index contributed by atoms with van der Waals surface area (Å²) in [5.74, 6) is -1.31. The maximum Gasteiger partial charge on any atom is 0.340 e. The molecule has 0 aliphatic heterocycles.